The van der Waals surface area contributed by atoms with E-state index in [9.17, 15) is 0 Å². The lowest BCUT2D eigenvalue weighted by molar-refractivity contribution is 0.0911. The van der Waals surface area contributed by atoms with Crippen LogP contribution in [0, 0.1) is 6.92 Å². The largest absolute Gasteiger partial charge is 0.496 e. The van der Waals surface area contributed by atoms with Crippen molar-refractivity contribution >= 4 is 0 Å². The molecular formula is C18H28N2O. The number of aryl methyl sites for hydroxylation is 1. The summed E-state index contributed by atoms with van der Waals surface area (Å²) in [5.74, 6) is 0.943. The average molecular weight is 288 g/mol. The first-order valence-corrected chi connectivity index (χ1v) is 8.32. The molecule has 2 fully saturated rings. The maximum absolute atomic E-state index is 6.84. The monoisotopic (exact) mass is 288 g/mol. The molecule has 1 atom stereocenters. The van der Waals surface area contributed by atoms with E-state index in [4.69, 9.17) is 10.5 Å². The van der Waals surface area contributed by atoms with Gasteiger partial charge in [0.1, 0.15) is 5.75 Å². The highest BCUT2D eigenvalue weighted by Crippen LogP contribution is 2.46. The molecule has 1 aliphatic carbocycles. The minimum Gasteiger partial charge on any atom is -0.496 e. The Morgan fingerprint density at radius 2 is 1.81 bits per heavy atom. The van der Waals surface area contributed by atoms with Gasteiger partial charge in [-0.25, -0.2) is 0 Å². The molecule has 1 saturated heterocycles. The first kappa shape index (κ1) is 14.9. The average Bonchev–Trinajstić information content (AvgIpc) is 3.18. The van der Waals surface area contributed by atoms with Crippen molar-refractivity contribution in [2.24, 2.45) is 5.73 Å². The number of benzene rings is 1. The van der Waals surface area contributed by atoms with E-state index in [-0.39, 0.29) is 11.6 Å². The molecule has 1 heterocycles. The smallest absolute Gasteiger partial charge is 0.123 e. The molecule has 3 heteroatoms. The van der Waals surface area contributed by atoms with Crippen LogP contribution in [0.4, 0.5) is 0 Å². The molecule has 21 heavy (non-hydrogen) atoms. The molecular weight excluding hydrogens is 260 g/mol. The lowest BCUT2D eigenvalue weighted by Gasteiger charge is -2.44. The minimum atomic E-state index is 0.0490. The van der Waals surface area contributed by atoms with Crippen LogP contribution in [0.3, 0.4) is 0 Å². The summed E-state index contributed by atoms with van der Waals surface area (Å²) in [5.41, 5.74) is 9.44. The Bertz CT molecular complexity index is 488. The fourth-order valence-corrected chi connectivity index (χ4v) is 4.36. The van der Waals surface area contributed by atoms with Gasteiger partial charge in [0.15, 0.2) is 0 Å². The van der Waals surface area contributed by atoms with Gasteiger partial charge in [-0.1, -0.05) is 30.5 Å². The zero-order valence-electron chi connectivity index (χ0n) is 13.4. The summed E-state index contributed by atoms with van der Waals surface area (Å²) in [5, 5.41) is 0. The van der Waals surface area contributed by atoms with Crippen LogP contribution in [-0.4, -0.2) is 30.6 Å². The SMILES string of the molecule is COc1ccc(C)cc1C(N)C1(N2CCCC2)CCCC1. The van der Waals surface area contributed by atoms with Gasteiger partial charge in [0.2, 0.25) is 0 Å². The fraction of sp³-hybridized carbons (Fsp3) is 0.667. The van der Waals surface area contributed by atoms with Crippen molar-refractivity contribution in [3.05, 3.63) is 29.3 Å². The summed E-state index contributed by atoms with van der Waals surface area (Å²) in [6, 6.07) is 6.44. The van der Waals surface area contributed by atoms with Crippen LogP contribution in [0.25, 0.3) is 0 Å². The minimum absolute atomic E-state index is 0.0490. The summed E-state index contributed by atoms with van der Waals surface area (Å²) < 4.78 is 5.59. The molecule has 1 aliphatic heterocycles. The quantitative estimate of drug-likeness (QED) is 0.922. The molecule has 2 aliphatic rings. The number of nitrogens with two attached hydrogens (primary N) is 1. The highest BCUT2D eigenvalue weighted by atomic mass is 16.5. The number of nitrogens with zero attached hydrogens (tertiary/aromatic N) is 1. The number of hydrogen-bond acceptors (Lipinski definition) is 3. The van der Waals surface area contributed by atoms with Crippen LogP contribution in [0.5, 0.6) is 5.75 Å². The second-order valence-electron chi connectivity index (χ2n) is 6.73. The second kappa shape index (κ2) is 5.98. The predicted octanol–water partition coefficient (Wildman–Crippen LogP) is 3.41. The lowest BCUT2D eigenvalue weighted by atomic mass is 9.82. The molecule has 3 nitrogen and oxygen atoms in total. The Hall–Kier alpha value is -1.06. The summed E-state index contributed by atoms with van der Waals surface area (Å²) >= 11 is 0. The van der Waals surface area contributed by atoms with Crippen LogP contribution in [0.2, 0.25) is 0 Å². The highest BCUT2D eigenvalue weighted by molar-refractivity contribution is 5.41. The molecule has 2 N–H and O–H groups in total. The molecule has 116 valence electrons. The van der Waals surface area contributed by atoms with E-state index in [2.05, 4.69) is 30.0 Å². The van der Waals surface area contributed by atoms with Gasteiger partial charge in [-0.15, -0.1) is 0 Å². The van der Waals surface area contributed by atoms with Crippen molar-refractivity contribution in [1.29, 1.82) is 0 Å². The Morgan fingerprint density at radius 1 is 1.14 bits per heavy atom. The third-order valence-corrected chi connectivity index (χ3v) is 5.50. The molecule has 0 amide bonds. The van der Waals surface area contributed by atoms with E-state index >= 15 is 0 Å². The first-order chi connectivity index (χ1) is 10.2. The molecule has 0 radical (unpaired) electrons. The van der Waals surface area contributed by atoms with Crippen LogP contribution >= 0.6 is 0 Å². The van der Waals surface area contributed by atoms with Gasteiger partial charge in [-0.05, 0) is 51.8 Å². The third-order valence-electron chi connectivity index (χ3n) is 5.50. The van der Waals surface area contributed by atoms with E-state index < -0.39 is 0 Å². The zero-order valence-corrected chi connectivity index (χ0v) is 13.4. The first-order valence-electron chi connectivity index (χ1n) is 8.32. The van der Waals surface area contributed by atoms with E-state index in [0.717, 1.165) is 5.75 Å². The number of hydrogen-bond donors (Lipinski definition) is 1. The Balaban J connectivity index is 1.98. The lowest BCUT2D eigenvalue weighted by Crippen LogP contribution is -2.52. The number of ether oxygens (including phenoxy) is 1. The summed E-state index contributed by atoms with van der Waals surface area (Å²) in [6.07, 6.45) is 7.70. The molecule has 1 aromatic carbocycles. The second-order valence-corrected chi connectivity index (χ2v) is 6.73. The maximum atomic E-state index is 6.84. The van der Waals surface area contributed by atoms with Gasteiger partial charge in [0, 0.05) is 11.1 Å². The van der Waals surface area contributed by atoms with Crippen molar-refractivity contribution in [2.45, 2.75) is 57.0 Å². The zero-order chi connectivity index (χ0) is 14.9. The summed E-state index contributed by atoms with van der Waals surface area (Å²) in [4.78, 5) is 2.67. The summed E-state index contributed by atoms with van der Waals surface area (Å²) in [6.45, 7) is 4.55. The third kappa shape index (κ3) is 2.58. The number of likely N-dealkylation sites (tertiary alicyclic amines) is 1. The highest BCUT2D eigenvalue weighted by Gasteiger charge is 2.46. The van der Waals surface area contributed by atoms with Gasteiger partial charge in [0.25, 0.3) is 0 Å². The van der Waals surface area contributed by atoms with Gasteiger partial charge < -0.3 is 10.5 Å². The number of rotatable bonds is 4. The Morgan fingerprint density at radius 3 is 2.43 bits per heavy atom. The van der Waals surface area contributed by atoms with Crippen LogP contribution < -0.4 is 10.5 Å². The number of methoxy groups -OCH3 is 1. The van der Waals surface area contributed by atoms with E-state index in [1.165, 1.54) is 62.7 Å². The molecule has 0 spiro atoms. The van der Waals surface area contributed by atoms with Gasteiger partial charge in [0.05, 0.1) is 13.2 Å². The fourth-order valence-electron chi connectivity index (χ4n) is 4.36. The van der Waals surface area contributed by atoms with E-state index in [1.807, 2.05) is 0 Å². The van der Waals surface area contributed by atoms with Crippen LogP contribution in [0.15, 0.2) is 18.2 Å². The van der Waals surface area contributed by atoms with Crippen LogP contribution in [-0.2, 0) is 0 Å². The standard InChI is InChI=1S/C18H28N2O/c1-14-7-8-16(21-2)15(13-14)17(19)18(9-3-4-10-18)20-11-5-6-12-20/h7-8,13,17H,3-6,9-12,19H2,1-2H3. The topological polar surface area (TPSA) is 38.5 Å². The molecule has 0 bridgehead atoms. The summed E-state index contributed by atoms with van der Waals surface area (Å²) in [7, 11) is 1.75. The van der Waals surface area contributed by atoms with Crippen molar-refractivity contribution in [1.82, 2.24) is 4.90 Å². The molecule has 0 aromatic heterocycles. The Kier molecular flexibility index (Phi) is 4.23. The van der Waals surface area contributed by atoms with Gasteiger partial charge in [-0.2, -0.15) is 0 Å². The maximum Gasteiger partial charge on any atom is 0.123 e. The van der Waals surface area contributed by atoms with Gasteiger partial charge >= 0.3 is 0 Å². The van der Waals surface area contributed by atoms with Crippen molar-refractivity contribution in [3.63, 3.8) is 0 Å². The van der Waals surface area contributed by atoms with Crippen molar-refractivity contribution in [3.8, 4) is 5.75 Å². The Labute approximate surface area is 128 Å². The van der Waals surface area contributed by atoms with Crippen molar-refractivity contribution < 1.29 is 4.74 Å². The molecule has 3 rings (SSSR count). The molecule has 1 unspecified atom stereocenters. The normalized spacial score (nSPS) is 23.4. The molecule has 1 saturated carbocycles. The van der Waals surface area contributed by atoms with Crippen LogP contribution in [0.1, 0.15) is 55.7 Å². The molecule has 1 aromatic rings. The van der Waals surface area contributed by atoms with Gasteiger partial charge in [-0.3, -0.25) is 4.90 Å². The van der Waals surface area contributed by atoms with E-state index in [1.54, 1.807) is 7.11 Å². The van der Waals surface area contributed by atoms with E-state index in [0.29, 0.717) is 0 Å². The predicted molar refractivity (Wildman–Crippen MR) is 86.7 cm³/mol. The van der Waals surface area contributed by atoms with Crippen molar-refractivity contribution in [2.75, 3.05) is 20.2 Å².